The SMILES string of the molecule is O=C(COc1ccccc1OCC(F)(F)F)NC(C(=O)O)C1CC1. The summed E-state index contributed by atoms with van der Waals surface area (Å²) in [5, 5.41) is 11.4. The lowest BCUT2D eigenvalue weighted by molar-refractivity contribution is -0.153. The third kappa shape index (κ3) is 5.64. The van der Waals surface area contributed by atoms with Gasteiger partial charge in [-0.3, -0.25) is 4.79 Å². The topological polar surface area (TPSA) is 84.9 Å². The fourth-order valence-corrected chi connectivity index (χ4v) is 2.02. The summed E-state index contributed by atoms with van der Waals surface area (Å²) < 4.78 is 46.4. The van der Waals surface area contributed by atoms with Gasteiger partial charge in [0, 0.05) is 0 Å². The molecule has 1 fully saturated rings. The van der Waals surface area contributed by atoms with Crippen LogP contribution in [0.1, 0.15) is 12.8 Å². The van der Waals surface area contributed by atoms with E-state index in [1.165, 1.54) is 24.3 Å². The molecular weight excluding hydrogens is 331 g/mol. The molecule has 9 heteroatoms. The van der Waals surface area contributed by atoms with Crippen LogP contribution >= 0.6 is 0 Å². The third-order valence-electron chi connectivity index (χ3n) is 3.28. The molecule has 1 aliphatic carbocycles. The van der Waals surface area contributed by atoms with Crippen molar-refractivity contribution in [2.24, 2.45) is 5.92 Å². The van der Waals surface area contributed by atoms with Crippen LogP contribution in [0.3, 0.4) is 0 Å². The summed E-state index contributed by atoms with van der Waals surface area (Å²) in [6, 6.07) is 4.64. The molecule has 1 aliphatic rings. The van der Waals surface area contributed by atoms with Gasteiger partial charge in [-0.15, -0.1) is 0 Å². The minimum Gasteiger partial charge on any atom is -0.480 e. The molecule has 1 aromatic rings. The number of hydrogen-bond acceptors (Lipinski definition) is 4. The molecule has 2 N–H and O–H groups in total. The van der Waals surface area contributed by atoms with Crippen LogP contribution in [0.4, 0.5) is 13.2 Å². The number of aliphatic carboxylic acids is 1. The summed E-state index contributed by atoms with van der Waals surface area (Å²) in [5.74, 6) is -2.07. The quantitative estimate of drug-likeness (QED) is 0.751. The highest BCUT2D eigenvalue weighted by Gasteiger charge is 2.37. The molecule has 1 unspecified atom stereocenters. The number of rotatable bonds is 8. The van der Waals surface area contributed by atoms with Gasteiger partial charge in [-0.1, -0.05) is 12.1 Å². The number of alkyl halides is 3. The Morgan fingerprint density at radius 1 is 1.21 bits per heavy atom. The summed E-state index contributed by atoms with van der Waals surface area (Å²) in [7, 11) is 0. The Hall–Kier alpha value is -2.45. The average Bonchev–Trinajstić information content (AvgIpc) is 3.33. The first-order chi connectivity index (χ1) is 11.3. The molecule has 0 heterocycles. The van der Waals surface area contributed by atoms with Crippen molar-refractivity contribution < 1.29 is 37.3 Å². The minimum atomic E-state index is -4.50. The van der Waals surface area contributed by atoms with E-state index in [0.29, 0.717) is 0 Å². The smallest absolute Gasteiger partial charge is 0.422 e. The zero-order chi connectivity index (χ0) is 17.7. The second-order valence-electron chi connectivity index (χ2n) is 5.36. The molecule has 0 spiro atoms. The standard InChI is InChI=1S/C15H16F3NO5/c16-15(17,18)8-24-11-4-2-1-3-10(11)23-7-12(20)19-13(14(21)22)9-5-6-9/h1-4,9,13H,5-8H2,(H,19,20)(H,21,22). The Balaban J connectivity index is 1.89. The predicted octanol–water partition coefficient (Wildman–Crippen LogP) is 1.99. The summed E-state index contributed by atoms with van der Waals surface area (Å²) in [6.07, 6.45) is -3.04. The summed E-state index contributed by atoms with van der Waals surface area (Å²) in [6.45, 7) is -2.01. The first kappa shape index (κ1) is 17.9. The number of carboxylic acid groups (broad SMARTS) is 1. The van der Waals surface area contributed by atoms with E-state index < -0.39 is 37.3 Å². The van der Waals surface area contributed by atoms with Crippen molar-refractivity contribution in [1.82, 2.24) is 5.32 Å². The van der Waals surface area contributed by atoms with E-state index in [1.54, 1.807) is 0 Å². The Bertz CT molecular complexity index is 601. The first-order valence-electron chi connectivity index (χ1n) is 7.20. The van der Waals surface area contributed by atoms with Gasteiger partial charge in [-0.25, -0.2) is 4.79 Å². The van der Waals surface area contributed by atoms with Crippen LogP contribution in [-0.4, -0.2) is 42.4 Å². The van der Waals surface area contributed by atoms with E-state index >= 15 is 0 Å². The lowest BCUT2D eigenvalue weighted by Gasteiger charge is -2.16. The van der Waals surface area contributed by atoms with Gasteiger partial charge < -0.3 is 19.9 Å². The number of nitrogens with one attached hydrogen (secondary N) is 1. The summed E-state index contributed by atoms with van der Waals surface area (Å²) in [5.41, 5.74) is 0. The van der Waals surface area contributed by atoms with Crippen molar-refractivity contribution in [3.8, 4) is 11.5 Å². The van der Waals surface area contributed by atoms with Crippen molar-refractivity contribution in [3.63, 3.8) is 0 Å². The minimum absolute atomic E-state index is 0.0322. The maximum Gasteiger partial charge on any atom is 0.422 e. The second-order valence-corrected chi connectivity index (χ2v) is 5.36. The van der Waals surface area contributed by atoms with Crippen molar-refractivity contribution in [2.45, 2.75) is 25.1 Å². The van der Waals surface area contributed by atoms with Gasteiger partial charge in [0.05, 0.1) is 0 Å². The lowest BCUT2D eigenvalue weighted by Crippen LogP contribution is -2.44. The predicted molar refractivity (Wildman–Crippen MR) is 75.8 cm³/mol. The van der Waals surface area contributed by atoms with Crippen LogP contribution in [0.25, 0.3) is 0 Å². The Morgan fingerprint density at radius 3 is 2.29 bits per heavy atom. The van der Waals surface area contributed by atoms with Crippen molar-refractivity contribution in [1.29, 1.82) is 0 Å². The molecule has 132 valence electrons. The first-order valence-corrected chi connectivity index (χ1v) is 7.20. The normalized spacial score (nSPS) is 15.5. The highest BCUT2D eigenvalue weighted by atomic mass is 19.4. The number of carboxylic acids is 1. The van der Waals surface area contributed by atoms with Crippen LogP contribution < -0.4 is 14.8 Å². The molecule has 0 saturated heterocycles. The molecule has 1 atom stereocenters. The monoisotopic (exact) mass is 347 g/mol. The molecule has 0 aromatic heterocycles. The van der Waals surface area contributed by atoms with Crippen LogP contribution in [-0.2, 0) is 9.59 Å². The number of ether oxygens (including phenoxy) is 2. The molecule has 24 heavy (non-hydrogen) atoms. The van der Waals surface area contributed by atoms with E-state index in [0.717, 1.165) is 12.8 Å². The van der Waals surface area contributed by atoms with Gasteiger partial charge in [-0.2, -0.15) is 13.2 Å². The Labute approximate surface area is 135 Å². The number of benzene rings is 1. The number of para-hydroxylation sites is 2. The number of halogens is 3. The molecular formula is C15H16F3NO5. The fraction of sp³-hybridized carbons (Fsp3) is 0.467. The van der Waals surface area contributed by atoms with E-state index in [-0.39, 0.29) is 17.4 Å². The number of carbonyl (C=O) groups is 2. The Kier molecular flexibility index (Phi) is 5.53. The molecule has 1 aromatic carbocycles. The van der Waals surface area contributed by atoms with E-state index in [1.807, 2.05) is 0 Å². The lowest BCUT2D eigenvalue weighted by atomic mass is 10.2. The van der Waals surface area contributed by atoms with Gasteiger partial charge in [0.2, 0.25) is 0 Å². The average molecular weight is 347 g/mol. The molecule has 6 nitrogen and oxygen atoms in total. The van der Waals surface area contributed by atoms with Crippen LogP contribution in [0.15, 0.2) is 24.3 Å². The largest absolute Gasteiger partial charge is 0.480 e. The molecule has 0 aliphatic heterocycles. The van der Waals surface area contributed by atoms with E-state index in [9.17, 15) is 22.8 Å². The van der Waals surface area contributed by atoms with Gasteiger partial charge in [0.15, 0.2) is 24.7 Å². The van der Waals surface area contributed by atoms with Gasteiger partial charge in [-0.05, 0) is 30.9 Å². The number of hydrogen-bond donors (Lipinski definition) is 2. The summed E-state index contributed by atoms with van der Waals surface area (Å²) in [4.78, 5) is 22.8. The zero-order valence-electron chi connectivity index (χ0n) is 12.5. The highest BCUT2D eigenvalue weighted by molar-refractivity contribution is 5.84. The second kappa shape index (κ2) is 7.41. The zero-order valence-corrected chi connectivity index (χ0v) is 12.5. The molecule has 1 saturated carbocycles. The molecule has 1 amide bonds. The highest BCUT2D eigenvalue weighted by Crippen LogP contribution is 2.33. The van der Waals surface area contributed by atoms with Crippen molar-refractivity contribution in [3.05, 3.63) is 24.3 Å². The Morgan fingerprint density at radius 2 is 1.79 bits per heavy atom. The van der Waals surface area contributed by atoms with Gasteiger partial charge in [0.1, 0.15) is 6.04 Å². The number of amides is 1. The molecule has 0 bridgehead atoms. The summed E-state index contributed by atoms with van der Waals surface area (Å²) >= 11 is 0. The molecule has 0 radical (unpaired) electrons. The van der Waals surface area contributed by atoms with Crippen molar-refractivity contribution in [2.75, 3.05) is 13.2 Å². The van der Waals surface area contributed by atoms with Gasteiger partial charge in [0.25, 0.3) is 5.91 Å². The van der Waals surface area contributed by atoms with Gasteiger partial charge >= 0.3 is 12.1 Å². The third-order valence-corrected chi connectivity index (χ3v) is 3.28. The van der Waals surface area contributed by atoms with Crippen LogP contribution in [0.5, 0.6) is 11.5 Å². The van der Waals surface area contributed by atoms with Crippen LogP contribution in [0.2, 0.25) is 0 Å². The molecule has 2 rings (SSSR count). The maximum absolute atomic E-state index is 12.2. The van der Waals surface area contributed by atoms with E-state index in [2.05, 4.69) is 10.1 Å². The van der Waals surface area contributed by atoms with E-state index in [4.69, 9.17) is 9.84 Å². The number of carbonyl (C=O) groups excluding carboxylic acids is 1. The maximum atomic E-state index is 12.2. The van der Waals surface area contributed by atoms with Crippen molar-refractivity contribution >= 4 is 11.9 Å². The van der Waals surface area contributed by atoms with Crippen LogP contribution in [0, 0.1) is 5.92 Å². The fourth-order valence-electron chi connectivity index (χ4n) is 2.02.